The van der Waals surface area contributed by atoms with Crippen molar-refractivity contribution in [2.24, 2.45) is 5.73 Å². The predicted molar refractivity (Wildman–Crippen MR) is 64.5 cm³/mol. The number of nitrogens with two attached hydrogens (primary N) is 1. The molecule has 0 amide bonds. The smallest absolute Gasteiger partial charge is 0.0541 e. The van der Waals surface area contributed by atoms with Gasteiger partial charge in [-0.15, -0.1) is 0 Å². The van der Waals surface area contributed by atoms with Crippen LogP contribution >= 0.6 is 15.9 Å². The first kappa shape index (κ1) is 11.1. The zero-order valence-electron chi connectivity index (χ0n) is 8.62. The number of hydrogen-bond acceptors (Lipinski definition) is 2. The van der Waals surface area contributed by atoms with Gasteiger partial charge in [-0.25, -0.2) is 0 Å². The van der Waals surface area contributed by atoms with Gasteiger partial charge in [-0.3, -0.25) is 0 Å². The summed E-state index contributed by atoms with van der Waals surface area (Å²) in [6, 6.07) is 8.17. The molecule has 0 radical (unpaired) electrons. The van der Waals surface area contributed by atoms with Gasteiger partial charge in [-0.1, -0.05) is 28.1 Å². The van der Waals surface area contributed by atoms with E-state index in [1.165, 1.54) is 5.56 Å². The molecule has 1 fully saturated rings. The van der Waals surface area contributed by atoms with Gasteiger partial charge in [-0.2, -0.15) is 0 Å². The van der Waals surface area contributed by atoms with Gasteiger partial charge in [0.15, 0.2) is 0 Å². The van der Waals surface area contributed by atoms with Crippen molar-refractivity contribution in [1.29, 1.82) is 0 Å². The van der Waals surface area contributed by atoms with Crippen molar-refractivity contribution in [3.63, 3.8) is 0 Å². The first-order valence-corrected chi connectivity index (χ1v) is 6.12. The van der Waals surface area contributed by atoms with Gasteiger partial charge in [0, 0.05) is 10.0 Å². The topological polar surface area (TPSA) is 46.2 Å². The molecule has 3 heteroatoms. The molecule has 0 aliphatic heterocycles. The molecule has 15 heavy (non-hydrogen) atoms. The van der Waals surface area contributed by atoms with E-state index >= 15 is 0 Å². The quantitative estimate of drug-likeness (QED) is 0.823. The summed E-state index contributed by atoms with van der Waals surface area (Å²) in [5, 5.41) is 9.48. The lowest BCUT2D eigenvalue weighted by molar-refractivity contribution is 0.0969. The Labute approximate surface area is 98.6 Å². The molecule has 0 atom stereocenters. The molecule has 1 aromatic rings. The summed E-state index contributed by atoms with van der Waals surface area (Å²) in [6.45, 7) is 0. The number of aliphatic hydroxyl groups is 1. The van der Waals surface area contributed by atoms with Gasteiger partial charge in [0.25, 0.3) is 0 Å². The second-order valence-electron chi connectivity index (χ2n) is 4.40. The molecule has 0 aromatic heterocycles. The maximum Gasteiger partial charge on any atom is 0.0541 e. The Morgan fingerprint density at radius 1 is 1.33 bits per heavy atom. The second-order valence-corrected chi connectivity index (χ2v) is 5.31. The predicted octanol–water partition coefficient (Wildman–Crippen LogP) is 2.54. The number of rotatable bonds is 1. The lowest BCUT2D eigenvalue weighted by Crippen LogP contribution is -2.41. The van der Waals surface area contributed by atoms with E-state index in [1.807, 2.05) is 12.1 Å². The highest BCUT2D eigenvalue weighted by molar-refractivity contribution is 9.10. The lowest BCUT2D eigenvalue weighted by atomic mass is 9.76. The zero-order valence-corrected chi connectivity index (χ0v) is 10.2. The molecule has 0 heterocycles. The summed E-state index contributed by atoms with van der Waals surface area (Å²) < 4.78 is 1.07. The molecule has 1 aromatic carbocycles. The van der Waals surface area contributed by atoms with Crippen LogP contribution in [-0.2, 0) is 5.54 Å². The van der Waals surface area contributed by atoms with Crippen LogP contribution < -0.4 is 5.73 Å². The van der Waals surface area contributed by atoms with E-state index in [-0.39, 0.29) is 11.6 Å². The highest BCUT2D eigenvalue weighted by Crippen LogP contribution is 2.35. The lowest BCUT2D eigenvalue weighted by Gasteiger charge is -2.36. The fraction of sp³-hybridized carbons (Fsp3) is 0.500. The van der Waals surface area contributed by atoms with E-state index in [1.54, 1.807) is 0 Å². The summed E-state index contributed by atoms with van der Waals surface area (Å²) in [5.74, 6) is 0. The van der Waals surface area contributed by atoms with Gasteiger partial charge in [-0.05, 0) is 43.4 Å². The summed E-state index contributed by atoms with van der Waals surface area (Å²) in [5.41, 5.74) is 7.30. The Hall–Kier alpha value is -0.380. The van der Waals surface area contributed by atoms with Crippen molar-refractivity contribution in [2.75, 3.05) is 0 Å². The monoisotopic (exact) mass is 269 g/mol. The molecule has 3 N–H and O–H groups in total. The van der Waals surface area contributed by atoms with Crippen LogP contribution in [0.1, 0.15) is 31.2 Å². The third kappa shape index (κ3) is 2.41. The summed E-state index contributed by atoms with van der Waals surface area (Å²) in [6.07, 6.45) is 3.19. The average Bonchev–Trinajstić information content (AvgIpc) is 2.23. The van der Waals surface area contributed by atoms with Gasteiger partial charge >= 0.3 is 0 Å². The molecule has 1 saturated carbocycles. The summed E-state index contributed by atoms with van der Waals surface area (Å²) >= 11 is 3.46. The minimum absolute atomic E-state index is 0.158. The third-order valence-corrected chi connectivity index (χ3v) is 3.74. The first-order valence-electron chi connectivity index (χ1n) is 5.33. The Kier molecular flexibility index (Phi) is 3.14. The average molecular weight is 270 g/mol. The fourth-order valence-corrected chi connectivity index (χ4v) is 2.60. The molecule has 2 nitrogen and oxygen atoms in total. The number of hydrogen-bond donors (Lipinski definition) is 2. The minimum Gasteiger partial charge on any atom is -0.393 e. The van der Waals surface area contributed by atoms with Gasteiger partial charge < -0.3 is 10.8 Å². The van der Waals surface area contributed by atoms with E-state index < -0.39 is 0 Å². The molecule has 0 saturated heterocycles. The van der Waals surface area contributed by atoms with Gasteiger partial charge in [0.1, 0.15) is 0 Å². The maximum atomic E-state index is 9.48. The standard InChI is InChI=1S/C12H16BrNO/c13-10-3-1-2-9(8-10)12(14)6-4-11(15)5-7-12/h1-3,8,11,15H,4-7,14H2. The summed E-state index contributed by atoms with van der Waals surface area (Å²) in [7, 11) is 0. The Morgan fingerprint density at radius 3 is 2.60 bits per heavy atom. The van der Waals surface area contributed by atoms with Crippen molar-refractivity contribution in [3.05, 3.63) is 34.3 Å². The van der Waals surface area contributed by atoms with Crippen molar-refractivity contribution < 1.29 is 5.11 Å². The van der Waals surface area contributed by atoms with Crippen LogP contribution in [0.2, 0.25) is 0 Å². The van der Waals surface area contributed by atoms with Crippen LogP contribution in [0.4, 0.5) is 0 Å². The van der Waals surface area contributed by atoms with Crippen LogP contribution in [0.25, 0.3) is 0 Å². The van der Waals surface area contributed by atoms with Crippen LogP contribution in [0.3, 0.4) is 0 Å². The zero-order chi connectivity index (χ0) is 10.9. The molecule has 2 rings (SSSR count). The fourth-order valence-electron chi connectivity index (χ4n) is 2.20. The van der Waals surface area contributed by atoms with E-state index in [9.17, 15) is 5.11 Å². The SMILES string of the molecule is NC1(c2cccc(Br)c2)CCC(O)CC1. The van der Waals surface area contributed by atoms with Gasteiger partial charge in [0.05, 0.1) is 6.10 Å². The van der Waals surface area contributed by atoms with Crippen LogP contribution in [0, 0.1) is 0 Å². The van der Waals surface area contributed by atoms with Crippen molar-refractivity contribution in [1.82, 2.24) is 0 Å². The molecule has 1 aliphatic rings. The number of aliphatic hydroxyl groups excluding tert-OH is 1. The van der Waals surface area contributed by atoms with Crippen LogP contribution in [0.5, 0.6) is 0 Å². The molecular formula is C12H16BrNO. The van der Waals surface area contributed by atoms with Crippen molar-refractivity contribution >= 4 is 15.9 Å². The molecule has 1 aliphatic carbocycles. The van der Waals surface area contributed by atoms with E-state index in [2.05, 4.69) is 28.1 Å². The van der Waals surface area contributed by atoms with E-state index in [0.29, 0.717) is 0 Å². The Bertz CT molecular complexity index is 345. The molecular weight excluding hydrogens is 254 g/mol. The normalized spacial score (nSPS) is 31.5. The second kappa shape index (κ2) is 4.24. The molecule has 0 bridgehead atoms. The van der Waals surface area contributed by atoms with Gasteiger partial charge in [0.2, 0.25) is 0 Å². The van der Waals surface area contributed by atoms with Crippen molar-refractivity contribution in [2.45, 2.75) is 37.3 Å². The number of halogens is 1. The minimum atomic E-state index is -0.247. The van der Waals surface area contributed by atoms with E-state index in [0.717, 1.165) is 30.2 Å². The van der Waals surface area contributed by atoms with Crippen LogP contribution in [0.15, 0.2) is 28.7 Å². The van der Waals surface area contributed by atoms with E-state index in [4.69, 9.17) is 5.73 Å². The maximum absolute atomic E-state index is 9.48. The number of benzene rings is 1. The molecule has 82 valence electrons. The Balaban J connectivity index is 2.22. The highest BCUT2D eigenvalue weighted by atomic mass is 79.9. The Morgan fingerprint density at radius 2 is 2.00 bits per heavy atom. The third-order valence-electron chi connectivity index (χ3n) is 3.25. The summed E-state index contributed by atoms with van der Waals surface area (Å²) in [4.78, 5) is 0. The van der Waals surface area contributed by atoms with Crippen molar-refractivity contribution in [3.8, 4) is 0 Å². The largest absolute Gasteiger partial charge is 0.393 e. The highest BCUT2D eigenvalue weighted by Gasteiger charge is 2.32. The molecule has 0 spiro atoms. The molecule has 0 unspecified atom stereocenters. The first-order chi connectivity index (χ1) is 7.10. The van der Waals surface area contributed by atoms with Crippen LogP contribution in [-0.4, -0.2) is 11.2 Å².